The molecule has 0 radical (unpaired) electrons. The summed E-state index contributed by atoms with van der Waals surface area (Å²) >= 11 is 0. The molecule has 1 aliphatic heterocycles. The van der Waals surface area contributed by atoms with E-state index in [4.69, 9.17) is 0 Å². The molecule has 0 aromatic heterocycles. The summed E-state index contributed by atoms with van der Waals surface area (Å²) in [5, 5.41) is 5.50. The lowest BCUT2D eigenvalue weighted by Gasteiger charge is -2.12. The standard InChI is InChI=1S/C14H16F2N2O3/c1-21-14(20)9-6-12(11(16)7-10(9)15)18-13(19)5-8-3-2-4-17-8/h6-8,17H,2-5H2,1H3,(H,18,19). The van der Waals surface area contributed by atoms with Gasteiger partial charge in [0.1, 0.15) is 11.6 Å². The fourth-order valence-corrected chi connectivity index (χ4v) is 2.27. The van der Waals surface area contributed by atoms with Crippen molar-refractivity contribution < 1.29 is 23.1 Å². The van der Waals surface area contributed by atoms with Crippen LogP contribution < -0.4 is 10.6 Å². The third-order valence-corrected chi connectivity index (χ3v) is 3.33. The molecule has 0 bridgehead atoms. The predicted octanol–water partition coefficient (Wildman–Crippen LogP) is 1.83. The van der Waals surface area contributed by atoms with E-state index in [1.54, 1.807) is 0 Å². The Morgan fingerprint density at radius 3 is 2.76 bits per heavy atom. The van der Waals surface area contributed by atoms with E-state index in [9.17, 15) is 18.4 Å². The van der Waals surface area contributed by atoms with Crippen LogP contribution in [0.25, 0.3) is 0 Å². The number of halogens is 2. The summed E-state index contributed by atoms with van der Waals surface area (Å²) in [5.41, 5.74) is -0.659. The van der Waals surface area contributed by atoms with Gasteiger partial charge in [-0.1, -0.05) is 0 Å². The molecule has 2 rings (SSSR count). The van der Waals surface area contributed by atoms with Gasteiger partial charge in [0.2, 0.25) is 5.91 Å². The van der Waals surface area contributed by atoms with Gasteiger partial charge in [0.15, 0.2) is 0 Å². The van der Waals surface area contributed by atoms with Crippen LogP contribution in [0.4, 0.5) is 14.5 Å². The van der Waals surface area contributed by atoms with E-state index in [0.717, 1.165) is 32.6 Å². The molecule has 1 amide bonds. The zero-order chi connectivity index (χ0) is 15.4. The van der Waals surface area contributed by atoms with E-state index in [0.29, 0.717) is 6.07 Å². The highest BCUT2D eigenvalue weighted by molar-refractivity contribution is 5.95. The Bertz CT molecular complexity index is 557. The SMILES string of the molecule is COC(=O)c1cc(NC(=O)CC2CCCN2)c(F)cc1F. The average molecular weight is 298 g/mol. The van der Waals surface area contributed by atoms with Gasteiger partial charge in [-0.3, -0.25) is 4.79 Å². The Morgan fingerprint density at radius 1 is 1.38 bits per heavy atom. The Labute approximate surface area is 120 Å². The van der Waals surface area contributed by atoms with Gasteiger partial charge in [0.25, 0.3) is 0 Å². The van der Waals surface area contributed by atoms with Crippen molar-refractivity contribution in [1.82, 2.24) is 5.32 Å². The lowest BCUT2D eigenvalue weighted by molar-refractivity contribution is -0.116. The largest absolute Gasteiger partial charge is 0.465 e. The number of amides is 1. The molecule has 1 unspecified atom stereocenters. The first-order valence-corrected chi connectivity index (χ1v) is 6.62. The molecule has 1 aromatic carbocycles. The number of anilines is 1. The lowest BCUT2D eigenvalue weighted by atomic mass is 10.1. The van der Waals surface area contributed by atoms with Gasteiger partial charge in [-0.2, -0.15) is 0 Å². The summed E-state index contributed by atoms with van der Waals surface area (Å²) < 4.78 is 31.5. The summed E-state index contributed by atoms with van der Waals surface area (Å²) in [4.78, 5) is 23.2. The third kappa shape index (κ3) is 3.75. The van der Waals surface area contributed by atoms with Crippen LogP contribution in [0, 0.1) is 11.6 Å². The van der Waals surface area contributed by atoms with E-state index in [1.165, 1.54) is 0 Å². The van der Waals surface area contributed by atoms with Crippen molar-refractivity contribution in [1.29, 1.82) is 0 Å². The molecule has 1 saturated heterocycles. The monoisotopic (exact) mass is 298 g/mol. The summed E-state index contributed by atoms with van der Waals surface area (Å²) in [6, 6.07) is 1.56. The van der Waals surface area contributed by atoms with E-state index >= 15 is 0 Å². The van der Waals surface area contributed by atoms with E-state index in [1.807, 2.05) is 0 Å². The Hall–Kier alpha value is -2.02. The predicted molar refractivity (Wildman–Crippen MR) is 72.0 cm³/mol. The number of carbonyl (C=O) groups excluding carboxylic acids is 2. The fraction of sp³-hybridized carbons (Fsp3) is 0.429. The molecule has 1 atom stereocenters. The molecule has 21 heavy (non-hydrogen) atoms. The number of benzene rings is 1. The molecule has 1 aliphatic rings. The van der Waals surface area contributed by atoms with Crippen LogP contribution in [0.15, 0.2) is 12.1 Å². The van der Waals surface area contributed by atoms with Crippen molar-refractivity contribution >= 4 is 17.6 Å². The van der Waals surface area contributed by atoms with Crippen LogP contribution in [-0.2, 0) is 9.53 Å². The third-order valence-electron chi connectivity index (χ3n) is 3.33. The highest BCUT2D eigenvalue weighted by atomic mass is 19.1. The zero-order valence-corrected chi connectivity index (χ0v) is 11.5. The van der Waals surface area contributed by atoms with Gasteiger partial charge in [-0.05, 0) is 25.5 Å². The number of methoxy groups -OCH3 is 1. The van der Waals surface area contributed by atoms with Crippen molar-refractivity contribution in [3.8, 4) is 0 Å². The Morgan fingerprint density at radius 2 is 2.14 bits per heavy atom. The maximum Gasteiger partial charge on any atom is 0.340 e. The van der Waals surface area contributed by atoms with Crippen molar-refractivity contribution in [2.75, 3.05) is 19.0 Å². The Kier molecular flexibility index (Phi) is 4.85. The molecule has 114 valence electrons. The highest BCUT2D eigenvalue weighted by Gasteiger charge is 2.20. The summed E-state index contributed by atoms with van der Waals surface area (Å²) in [7, 11) is 1.09. The number of rotatable bonds is 4. The minimum atomic E-state index is -1.03. The number of carbonyl (C=O) groups is 2. The van der Waals surface area contributed by atoms with E-state index in [-0.39, 0.29) is 18.2 Å². The maximum atomic E-state index is 13.6. The van der Waals surface area contributed by atoms with Crippen molar-refractivity contribution in [3.05, 3.63) is 29.3 Å². The van der Waals surface area contributed by atoms with Crippen LogP contribution >= 0.6 is 0 Å². The van der Waals surface area contributed by atoms with Gasteiger partial charge in [-0.15, -0.1) is 0 Å². The van der Waals surface area contributed by atoms with Gasteiger partial charge in [-0.25, -0.2) is 13.6 Å². The second-order valence-electron chi connectivity index (χ2n) is 4.85. The van der Waals surface area contributed by atoms with Gasteiger partial charge < -0.3 is 15.4 Å². The first kappa shape index (κ1) is 15.4. The molecule has 1 heterocycles. The molecule has 1 fully saturated rings. The van der Waals surface area contributed by atoms with Crippen LogP contribution in [-0.4, -0.2) is 31.6 Å². The number of hydrogen-bond donors (Lipinski definition) is 2. The van der Waals surface area contributed by atoms with Crippen molar-refractivity contribution in [2.45, 2.75) is 25.3 Å². The molecular weight excluding hydrogens is 282 g/mol. The summed E-state index contributed by atoms with van der Waals surface area (Å²) in [6.45, 7) is 0.856. The van der Waals surface area contributed by atoms with Crippen LogP contribution in [0.5, 0.6) is 0 Å². The molecule has 7 heteroatoms. The molecule has 0 spiro atoms. The Balaban J connectivity index is 2.11. The molecular formula is C14H16F2N2O3. The van der Waals surface area contributed by atoms with Crippen molar-refractivity contribution in [3.63, 3.8) is 0 Å². The van der Waals surface area contributed by atoms with Crippen LogP contribution in [0.1, 0.15) is 29.6 Å². The van der Waals surface area contributed by atoms with Crippen LogP contribution in [0.2, 0.25) is 0 Å². The molecule has 5 nitrogen and oxygen atoms in total. The van der Waals surface area contributed by atoms with Gasteiger partial charge >= 0.3 is 5.97 Å². The molecule has 2 N–H and O–H groups in total. The van der Waals surface area contributed by atoms with Crippen molar-refractivity contribution in [2.24, 2.45) is 0 Å². The number of hydrogen-bond acceptors (Lipinski definition) is 4. The normalized spacial score (nSPS) is 17.6. The topological polar surface area (TPSA) is 67.4 Å². The first-order valence-electron chi connectivity index (χ1n) is 6.62. The van der Waals surface area contributed by atoms with E-state index in [2.05, 4.69) is 15.4 Å². The highest BCUT2D eigenvalue weighted by Crippen LogP contribution is 2.21. The van der Waals surface area contributed by atoms with E-state index < -0.39 is 29.1 Å². The summed E-state index contributed by atoms with van der Waals surface area (Å²) in [6.07, 6.45) is 2.08. The van der Waals surface area contributed by atoms with Gasteiger partial charge in [0, 0.05) is 18.5 Å². The quantitative estimate of drug-likeness (QED) is 0.832. The maximum absolute atomic E-state index is 13.6. The lowest BCUT2D eigenvalue weighted by Crippen LogP contribution is -2.27. The first-order chi connectivity index (χ1) is 10.0. The number of esters is 1. The minimum absolute atomic E-state index is 0.0635. The molecule has 1 aromatic rings. The summed E-state index contributed by atoms with van der Waals surface area (Å²) in [5.74, 6) is -3.29. The minimum Gasteiger partial charge on any atom is -0.465 e. The second kappa shape index (κ2) is 6.62. The fourth-order valence-electron chi connectivity index (χ4n) is 2.27. The zero-order valence-electron chi connectivity index (χ0n) is 11.5. The van der Waals surface area contributed by atoms with Crippen LogP contribution in [0.3, 0.4) is 0 Å². The second-order valence-corrected chi connectivity index (χ2v) is 4.85. The average Bonchev–Trinajstić information content (AvgIpc) is 2.93. The number of nitrogens with one attached hydrogen (secondary N) is 2. The molecule has 0 aliphatic carbocycles. The number of ether oxygens (including phenoxy) is 1. The van der Waals surface area contributed by atoms with Gasteiger partial charge in [0.05, 0.1) is 18.4 Å². The smallest absolute Gasteiger partial charge is 0.340 e. The molecule has 0 saturated carbocycles.